The number of primary amides is 1. The molecule has 0 saturated heterocycles. The average Bonchev–Trinajstić information content (AvgIpc) is 2.90. The maximum Gasteiger partial charge on any atom is 0.253 e. The molecule has 0 spiro atoms. The highest BCUT2D eigenvalue weighted by Crippen LogP contribution is 2.17. The number of nitrogens with one attached hydrogen (secondary N) is 1. The van der Waals surface area contributed by atoms with Crippen LogP contribution < -0.4 is 11.1 Å². The molecule has 2 aromatic rings. The highest BCUT2D eigenvalue weighted by Gasteiger charge is 2.29. The Balaban J connectivity index is 0.00000722. The van der Waals surface area contributed by atoms with Crippen LogP contribution in [0.3, 0.4) is 0 Å². The number of aliphatic hydroxyl groups is 2. The molecule has 1 aromatic heterocycles. The Morgan fingerprint density at radius 1 is 0.973 bits per heavy atom. The number of carbonyl (C=O) groups is 3. The van der Waals surface area contributed by atoms with Crippen molar-refractivity contribution >= 4 is 17.7 Å². The first-order valence-electron chi connectivity index (χ1n) is 13.0. The number of pyridine rings is 1. The summed E-state index contributed by atoms with van der Waals surface area (Å²) in [5.41, 5.74) is 6.63. The number of carbonyl (C=O) groups excluding carboxylic acids is 3. The summed E-state index contributed by atoms with van der Waals surface area (Å²) in [6.45, 7) is 7.02. The molecule has 2 rings (SSSR count). The minimum atomic E-state index is -1.23. The lowest BCUT2D eigenvalue weighted by Gasteiger charge is -2.28. The van der Waals surface area contributed by atoms with E-state index < -0.39 is 30.1 Å². The van der Waals surface area contributed by atoms with Gasteiger partial charge in [0.2, 0.25) is 5.91 Å². The molecular formula is C28H42N4O5. The van der Waals surface area contributed by atoms with Crippen LogP contribution in [0.4, 0.5) is 0 Å². The van der Waals surface area contributed by atoms with Gasteiger partial charge in [0.05, 0.1) is 12.1 Å². The topological polar surface area (TPSA) is 146 Å². The van der Waals surface area contributed by atoms with Crippen molar-refractivity contribution in [2.45, 2.75) is 77.5 Å². The Bertz CT molecular complexity index is 1030. The first-order valence-corrected chi connectivity index (χ1v) is 13.0. The van der Waals surface area contributed by atoms with Gasteiger partial charge in [-0.2, -0.15) is 0 Å². The average molecular weight is 515 g/mol. The van der Waals surface area contributed by atoms with E-state index in [4.69, 9.17) is 5.73 Å². The van der Waals surface area contributed by atoms with Gasteiger partial charge in [-0.05, 0) is 61.6 Å². The number of nitrogens with zero attached hydrogens (tertiary/aromatic N) is 2. The predicted octanol–water partition coefficient (Wildman–Crippen LogP) is 2.94. The molecule has 0 aliphatic carbocycles. The molecule has 9 heteroatoms. The number of hydrogen-bond acceptors (Lipinski definition) is 6. The van der Waals surface area contributed by atoms with Crippen molar-refractivity contribution in [2.24, 2.45) is 5.73 Å². The van der Waals surface area contributed by atoms with Crippen LogP contribution in [0, 0.1) is 0 Å². The van der Waals surface area contributed by atoms with E-state index in [0.29, 0.717) is 19.5 Å². The molecular weight excluding hydrogens is 472 g/mol. The number of unbranched alkanes of at least 4 members (excludes halogenated alkanes) is 1. The lowest BCUT2D eigenvalue weighted by molar-refractivity contribution is -0.00814. The molecule has 1 heterocycles. The van der Waals surface area contributed by atoms with Gasteiger partial charge in [-0.25, -0.2) is 0 Å². The third-order valence-corrected chi connectivity index (χ3v) is 6.18. The summed E-state index contributed by atoms with van der Waals surface area (Å²) in [6.07, 6.45) is 4.73. The van der Waals surface area contributed by atoms with Gasteiger partial charge in [0.25, 0.3) is 11.8 Å². The van der Waals surface area contributed by atoms with Crippen LogP contribution in [-0.4, -0.2) is 69.2 Å². The Hall–Kier alpha value is -3.30. The molecule has 1 aromatic carbocycles. The van der Waals surface area contributed by atoms with Gasteiger partial charge in [-0.15, -0.1) is 0 Å². The maximum absolute atomic E-state index is 13.4. The minimum absolute atomic E-state index is 0. The van der Waals surface area contributed by atoms with Crippen LogP contribution in [0.25, 0.3) is 0 Å². The lowest BCUT2D eigenvalue weighted by atomic mass is 9.95. The Kier molecular flexibility index (Phi) is 12.2. The third kappa shape index (κ3) is 8.94. The summed E-state index contributed by atoms with van der Waals surface area (Å²) in [4.78, 5) is 44.3. The zero-order chi connectivity index (χ0) is 27.4. The van der Waals surface area contributed by atoms with Crippen molar-refractivity contribution in [1.82, 2.24) is 15.2 Å². The number of benzene rings is 1. The second kappa shape index (κ2) is 15.1. The Morgan fingerprint density at radius 2 is 1.57 bits per heavy atom. The fraction of sp³-hybridized carbons (Fsp3) is 0.500. The second-order valence-electron chi connectivity index (χ2n) is 9.30. The summed E-state index contributed by atoms with van der Waals surface area (Å²) in [5, 5.41) is 24.3. The molecule has 5 N–H and O–H groups in total. The monoisotopic (exact) mass is 514 g/mol. The summed E-state index contributed by atoms with van der Waals surface area (Å²) < 4.78 is 0. The van der Waals surface area contributed by atoms with E-state index >= 15 is 0 Å². The molecule has 204 valence electrons. The van der Waals surface area contributed by atoms with Crippen LogP contribution in [0.15, 0.2) is 42.7 Å². The van der Waals surface area contributed by atoms with Gasteiger partial charge in [-0.1, -0.05) is 33.6 Å². The number of nitrogens with two attached hydrogens (primary N) is 1. The zero-order valence-corrected chi connectivity index (χ0v) is 22.0. The fourth-order valence-electron chi connectivity index (χ4n) is 4.20. The van der Waals surface area contributed by atoms with Crippen LogP contribution in [0.5, 0.6) is 0 Å². The molecule has 3 atom stereocenters. The molecule has 37 heavy (non-hydrogen) atoms. The molecule has 0 fully saturated rings. The fourth-order valence-corrected chi connectivity index (χ4v) is 4.20. The normalized spacial score (nSPS) is 13.4. The van der Waals surface area contributed by atoms with E-state index in [1.807, 2.05) is 20.8 Å². The van der Waals surface area contributed by atoms with E-state index in [9.17, 15) is 24.6 Å². The van der Waals surface area contributed by atoms with Crippen LogP contribution in [0.1, 0.15) is 90.9 Å². The van der Waals surface area contributed by atoms with Gasteiger partial charge in [0.1, 0.15) is 6.10 Å². The van der Waals surface area contributed by atoms with Crippen molar-refractivity contribution < 1.29 is 26.0 Å². The molecule has 0 saturated carbocycles. The summed E-state index contributed by atoms with van der Waals surface area (Å²) in [6, 6.07) is 6.88. The van der Waals surface area contributed by atoms with Gasteiger partial charge < -0.3 is 26.2 Å². The lowest BCUT2D eigenvalue weighted by Crippen LogP contribution is -2.50. The number of aromatic nitrogens is 1. The van der Waals surface area contributed by atoms with Crippen LogP contribution >= 0.6 is 0 Å². The number of hydrogen-bond donors (Lipinski definition) is 4. The zero-order valence-electron chi connectivity index (χ0n) is 22.0. The molecule has 0 bridgehead atoms. The second-order valence-corrected chi connectivity index (χ2v) is 9.30. The summed E-state index contributed by atoms with van der Waals surface area (Å²) in [5.74, 6) is -1.63. The van der Waals surface area contributed by atoms with Crippen molar-refractivity contribution in [3.63, 3.8) is 0 Å². The van der Waals surface area contributed by atoms with E-state index in [1.165, 1.54) is 18.2 Å². The van der Waals surface area contributed by atoms with Gasteiger partial charge in [0.15, 0.2) is 0 Å². The minimum Gasteiger partial charge on any atom is -0.390 e. The first kappa shape index (κ1) is 29.9. The first-order chi connectivity index (χ1) is 17.7. The molecule has 9 nitrogen and oxygen atoms in total. The predicted molar refractivity (Wildman–Crippen MR) is 144 cm³/mol. The third-order valence-electron chi connectivity index (χ3n) is 6.18. The van der Waals surface area contributed by atoms with Crippen molar-refractivity contribution in [3.8, 4) is 0 Å². The van der Waals surface area contributed by atoms with E-state index in [1.54, 1.807) is 29.4 Å². The van der Waals surface area contributed by atoms with Crippen LogP contribution in [-0.2, 0) is 6.42 Å². The molecule has 3 unspecified atom stereocenters. The van der Waals surface area contributed by atoms with Gasteiger partial charge >= 0.3 is 0 Å². The number of rotatable bonds is 15. The number of amides is 3. The molecule has 0 aliphatic rings. The van der Waals surface area contributed by atoms with E-state index in [2.05, 4.69) is 10.3 Å². The maximum atomic E-state index is 13.4. The molecule has 0 radical (unpaired) electrons. The number of aliphatic hydroxyl groups excluding tert-OH is 2. The highest BCUT2D eigenvalue weighted by molar-refractivity contribution is 6.04. The summed E-state index contributed by atoms with van der Waals surface area (Å²) in [7, 11) is 0. The standard InChI is InChI=1S/C28H40N4O5.H2/c1-4-7-8-24(33)25(34)23(15-19-9-11-30-12-10-19)31-27(36)21-16-20(26(29)35)17-22(18-21)28(37)32(13-5-2)14-6-3;/h9-12,16-18,23-25,33-34H,4-8,13-15H2,1-3H3,(H2,29,35)(H,31,36);1H. The van der Waals surface area contributed by atoms with E-state index in [-0.39, 0.29) is 30.4 Å². The molecule has 0 aliphatic heterocycles. The SMILES string of the molecule is CCCCC(O)C(O)C(Cc1ccncc1)NC(=O)c1cc(C(N)=O)cc(C(=O)N(CCC)CCC)c1.[HH]. The van der Waals surface area contributed by atoms with Crippen molar-refractivity contribution in [2.75, 3.05) is 13.1 Å². The van der Waals surface area contributed by atoms with Crippen molar-refractivity contribution in [1.29, 1.82) is 0 Å². The Morgan fingerprint density at radius 3 is 2.14 bits per heavy atom. The smallest absolute Gasteiger partial charge is 0.253 e. The highest BCUT2D eigenvalue weighted by atomic mass is 16.3. The van der Waals surface area contributed by atoms with Crippen molar-refractivity contribution in [3.05, 3.63) is 65.0 Å². The van der Waals surface area contributed by atoms with E-state index in [0.717, 1.165) is 31.2 Å². The summed E-state index contributed by atoms with van der Waals surface area (Å²) >= 11 is 0. The Labute approximate surface area is 220 Å². The largest absolute Gasteiger partial charge is 0.390 e. The van der Waals surface area contributed by atoms with Gasteiger partial charge in [0, 0.05) is 43.6 Å². The molecule has 3 amide bonds. The van der Waals surface area contributed by atoms with Crippen LogP contribution in [0.2, 0.25) is 0 Å². The quantitative estimate of drug-likeness (QED) is 0.287. The van der Waals surface area contributed by atoms with Gasteiger partial charge in [-0.3, -0.25) is 19.4 Å².